The van der Waals surface area contributed by atoms with Gasteiger partial charge in [0.05, 0.1) is 12.4 Å². The zero-order valence-electron chi connectivity index (χ0n) is 25.4. The second kappa shape index (κ2) is 15.4. The first-order chi connectivity index (χ1) is 22.4. The smallest absolute Gasteiger partial charge is 0.272 e. The Hall–Kier alpha value is -5.60. The molecule has 0 aromatic heterocycles. The predicted molar refractivity (Wildman–Crippen MR) is 185 cm³/mol. The summed E-state index contributed by atoms with van der Waals surface area (Å²) >= 11 is 1.39. The number of amides is 3. The van der Waals surface area contributed by atoms with Crippen molar-refractivity contribution in [2.24, 2.45) is 0 Å². The number of nitrogens with one attached hydrogen (secondary N) is 2. The van der Waals surface area contributed by atoms with E-state index in [-0.39, 0.29) is 11.6 Å². The molecule has 0 bridgehead atoms. The predicted octanol–water partition coefficient (Wildman–Crippen LogP) is 7.95. The van der Waals surface area contributed by atoms with Gasteiger partial charge >= 0.3 is 0 Å². The highest BCUT2D eigenvalue weighted by Crippen LogP contribution is 2.32. The number of hydrogen-bond acceptors (Lipinski definition) is 5. The van der Waals surface area contributed by atoms with Gasteiger partial charge in [-0.25, -0.2) is 0 Å². The topological polar surface area (TPSA) is 87.7 Å². The van der Waals surface area contributed by atoms with E-state index in [1.54, 1.807) is 60.6 Å². The molecule has 8 heteroatoms. The molecule has 0 heterocycles. The number of rotatable bonds is 11. The molecule has 0 aliphatic heterocycles. The Labute approximate surface area is 272 Å². The largest absolute Gasteiger partial charge is 0.496 e. The molecule has 2 N–H and O–H groups in total. The lowest BCUT2D eigenvalue weighted by Crippen LogP contribution is -2.32. The van der Waals surface area contributed by atoms with Gasteiger partial charge in [-0.05, 0) is 73.7 Å². The standard InChI is InChI=1S/C38H33N3O4S/c1-27(38(44)41(31-19-8-4-9-20-31)32-21-10-5-11-22-32)46-33-23-14-18-30(26-33)39-37(43)34(25-29-17-12-13-24-35(29)45-2)40-36(42)28-15-6-3-7-16-28/h3-27H,1-2H3,(H,39,43)(H,40,42)/b34-25+. The summed E-state index contributed by atoms with van der Waals surface area (Å²) in [6, 6.07) is 42.2. The summed E-state index contributed by atoms with van der Waals surface area (Å²) in [5.41, 5.74) is 3.15. The number of methoxy groups -OCH3 is 1. The fourth-order valence-corrected chi connectivity index (χ4v) is 5.69. The van der Waals surface area contributed by atoms with E-state index >= 15 is 0 Å². The van der Waals surface area contributed by atoms with Crippen LogP contribution in [0.25, 0.3) is 6.08 Å². The maximum Gasteiger partial charge on any atom is 0.272 e. The van der Waals surface area contributed by atoms with Crippen LogP contribution in [0, 0.1) is 0 Å². The van der Waals surface area contributed by atoms with E-state index in [0.717, 1.165) is 16.3 Å². The van der Waals surface area contributed by atoms with E-state index in [2.05, 4.69) is 10.6 Å². The average Bonchev–Trinajstić information content (AvgIpc) is 3.09. The molecule has 5 aromatic rings. The van der Waals surface area contributed by atoms with Gasteiger partial charge in [0.2, 0.25) is 5.91 Å². The lowest BCUT2D eigenvalue weighted by molar-refractivity contribution is -0.117. The lowest BCUT2D eigenvalue weighted by Gasteiger charge is -2.26. The molecule has 0 aliphatic rings. The van der Waals surface area contributed by atoms with Gasteiger partial charge in [0, 0.05) is 33.1 Å². The highest BCUT2D eigenvalue weighted by Gasteiger charge is 2.25. The van der Waals surface area contributed by atoms with Crippen LogP contribution in [0.4, 0.5) is 17.1 Å². The number of benzene rings is 5. The van der Waals surface area contributed by atoms with Gasteiger partial charge < -0.3 is 15.4 Å². The normalized spacial score (nSPS) is 11.7. The first kappa shape index (κ1) is 31.8. The summed E-state index contributed by atoms with van der Waals surface area (Å²) in [5.74, 6) is -0.461. The monoisotopic (exact) mass is 627 g/mol. The molecular weight excluding hydrogens is 595 g/mol. The number of nitrogens with zero attached hydrogens (tertiary/aromatic N) is 1. The minimum atomic E-state index is -0.513. The van der Waals surface area contributed by atoms with Gasteiger partial charge in [-0.15, -0.1) is 11.8 Å². The van der Waals surface area contributed by atoms with Crippen molar-refractivity contribution in [1.29, 1.82) is 0 Å². The van der Waals surface area contributed by atoms with Crippen LogP contribution < -0.4 is 20.3 Å². The summed E-state index contributed by atoms with van der Waals surface area (Å²) < 4.78 is 5.46. The van der Waals surface area contributed by atoms with Crippen molar-refractivity contribution in [1.82, 2.24) is 5.32 Å². The van der Waals surface area contributed by atoms with Crippen LogP contribution >= 0.6 is 11.8 Å². The van der Waals surface area contributed by atoms with E-state index in [1.807, 2.05) is 104 Å². The summed E-state index contributed by atoms with van der Waals surface area (Å²) in [4.78, 5) is 43.0. The Morgan fingerprint density at radius 2 is 1.33 bits per heavy atom. The summed E-state index contributed by atoms with van der Waals surface area (Å²) in [6.45, 7) is 1.87. The zero-order valence-corrected chi connectivity index (χ0v) is 26.2. The molecule has 0 saturated heterocycles. The molecule has 0 fully saturated rings. The highest BCUT2D eigenvalue weighted by molar-refractivity contribution is 8.00. The molecule has 46 heavy (non-hydrogen) atoms. The second-order valence-corrected chi connectivity index (χ2v) is 11.6. The average molecular weight is 628 g/mol. The molecule has 0 spiro atoms. The number of para-hydroxylation sites is 3. The van der Waals surface area contributed by atoms with Crippen molar-refractivity contribution in [2.45, 2.75) is 17.1 Å². The van der Waals surface area contributed by atoms with Crippen LogP contribution in [-0.2, 0) is 9.59 Å². The number of thioether (sulfide) groups is 1. The molecule has 1 atom stereocenters. The second-order valence-electron chi connectivity index (χ2n) is 10.2. The molecule has 7 nitrogen and oxygen atoms in total. The van der Waals surface area contributed by atoms with Crippen molar-refractivity contribution in [2.75, 3.05) is 17.3 Å². The van der Waals surface area contributed by atoms with E-state index < -0.39 is 17.1 Å². The van der Waals surface area contributed by atoms with Crippen LogP contribution in [-0.4, -0.2) is 30.1 Å². The molecular formula is C38H33N3O4S. The van der Waals surface area contributed by atoms with E-state index in [9.17, 15) is 14.4 Å². The summed E-state index contributed by atoms with van der Waals surface area (Å²) in [5, 5.41) is 5.21. The first-order valence-corrected chi connectivity index (χ1v) is 15.5. The van der Waals surface area contributed by atoms with E-state index in [4.69, 9.17) is 4.74 Å². The number of anilines is 3. The number of carbonyl (C=O) groups excluding carboxylic acids is 3. The SMILES string of the molecule is COc1ccccc1/C=C(/NC(=O)c1ccccc1)C(=O)Nc1cccc(SC(C)C(=O)N(c2ccccc2)c2ccccc2)c1. The molecule has 5 aromatic carbocycles. The van der Waals surface area contributed by atoms with Crippen LogP contribution in [0.2, 0.25) is 0 Å². The van der Waals surface area contributed by atoms with Crippen molar-refractivity contribution in [3.63, 3.8) is 0 Å². The maximum absolute atomic E-state index is 13.8. The third-order valence-corrected chi connectivity index (χ3v) is 8.05. The van der Waals surface area contributed by atoms with Gasteiger partial charge in [-0.3, -0.25) is 19.3 Å². The van der Waals surface area contributed by atoms with Gasteiger partial charge in [0.25, 0.3) is 11.8 Å². The van der Waals surface area contributed by atoms with Crippen LogP contribution in [0.1, 0.15) is 22.8 Å². The third-order valence-electron chi connectivity index (χ3n) is 6.97. The first-order valence-electron chi connectivity index (χ1n) is 14.7. The molecule has 0 saturated carbocycles. The summed E-state index contributed by atoms with van der Waals surface area (Å²) in [6.07, 6.45) is 1.58. The third kappa shape index (κ3) is 8.11. The van der Waals surface area contributed by atoms with Gasteiger partial charge in [0.15, 0.2) is 0 Å². The maximum atomic E-state index is 13.8. The molecule has 230 valence electrons. The molecule has 1 unspecified atom stereocenters. The fraction of sp³-hybridized carbons (Fsp3) is 0.0789. The molecule has 5 rings (SSSR count). The Morgan fingerprint density at radius 1 is 0.739 bits per heavy atom. The van der Waals surface area contributed by atoms with Crippen LogP contribution in [0.3, 0.4) is 0 Å². The number of carbonyl (C=O) groups is 3. The zero-order chi connectivity index (χ0) is 32.3. The van der Waals surface area contributed by atoms with Crippen molar-refractivity contribution >= 4 is 52.6 Å². The Bertz CT molecular complexity index is 1790. The van der Waals surface area contributed by atoms with Crippen molar-refractivity contribution in [3.8, 4) is 5.75 Å². The Kier molecular flexibility index (Phi) is 10.7. The van der Waals surface area contributed by atoms with E-state index in [0.29, 0.717) is 22.6 Å². The quantitative estimate of drug-likeness (QED) is 0.115. The fourth-order valence-electron chi connectivity index (χ4n) is 4.72. The molecule has 0 radical (unpaired) electrons. The van der Waals surface area contributed by atoms with Crippen molar-refractivity contribution < 1.29 is 19.1 Å². The van der Waals surface area contributed by atoms with Gasteiger partial charge in [0.1, 0.15) is 11.4 Å². The Morgan fingerprint density at radius 3 is 1.96 bits per heavy atom. The summed E-state index contributed by atoms with van der Waals surface area (Å²) in [7, 11) is 1.54. The minimum absolute atomic E-state index is 0.0429. The van der Waals surface area contributed by atoms with Crippen LogP contribution in [0.5, 0.6) is 5.75 Å². The lowest BCUT2D eigenvalue weighted by atomic mass is 10.1. The van der Waals surface area contributed by atoms with Gasteiger partial charge in [-0.2, -0.15) is 0 Å². The number of hydrogen-bond donors (Lipinski definition) is 2. The van der Waals surface area contributed by atoms with Gasteiger partial charge in [-0.1, -0.05) is 78.9 Å². The minimum Gasteiger partial charge on any atom is -0.496 e. The van der Waals surface area contributed by atoms with Crippen LogP contribution in [0.15, 0.2) is 150 Å². The molecule has 0 aliphatic carbocycles. The van der Waals surface area contributed by atoms with Crippen molar-refractivity contribution in [3.05, 3.63) is 156 Å². The Balaban J connectivity index is 1.36. The molecule has 3 amide bonds. The number of ether oxygens (including phenoxy) is 1. The highest BCUT2D eigenvalue weighted by atomic mass is 32.2. The van der Waals surface area contributed by atoms with E-state index in [1.165, 1.54) is 11.8 Å².